The molecule has 0 radical (unpaired) electrons. The number of carbonyl (C=O) groups excluding carboxylic acids is 2. The lowest BCUT2D eigenvalue weighted by Gasteiger charge is -2.21. The van der Waals surface area contributed by atoms with Crippen molar-refractivity contribution in [3.63, 3.8) is 0 Å². The monoisotopic (exact) mass is 316 g/mol. The van der Waals surface area contributed by atoms with E-state index < -0.39 is 5.60 Å². The Kier molecular flexibility index (Phi) is 4.86. The van der Waals surface area contributed by atoms with Gasteiger partial charge in [0.1, 0.15) is 17.1 Å². The first kappa shape index (κ1) is 16.8. The number of furan rings is 1. The van der Waals surface area contributed by atoms with E-state index in [-0.39, 0.29) is 18.4 Å². The minimum Gasteiger partial charge on any atom is -0.463 e. The van der Waals surface area contributed by atoms with Crippen LogP contribution in [0.1, 0.15) is 35.7 Å². The Bertz CT molecular complexity index is 702. The van der Waals surface area contributed by atoms with Gasteiger partial charge in [0, 0.05) is 18.2 Å². The van der Waals surface area contributed by atoms with Gasteiger partial charge in [0.05, 0.1) is 6.54 Å². The smallest absolute Gasteiger partial charge is 0.251 e. The second-order valence-electron chi connectivity index (χ2n) is 5.63. The van der Waals surface area contributed by atoms with Crippen LogP contribution in [0.4, 0.5) is 5.69 Å². The van der Waals surface area contributed by atoms with Crippen LogP contribution in [0, 0.1) is 6.92 Å². The number of rotatable bonds is 5. The van der Waals surface area contributed by atoms with Gasteiger partial charge in [-0.05, 0) is 50.2 Å². The summed E-state index contributed by atoms with van der Waals surface area (Å²) in [6.07, 6.45) is 0. The second-order valence-corrected chi connectivity index (χ2v) is 5.63. The summed E-state index contributed by atoms with van der Waals surface area (Å²) in [6, 6.07) is 9.93. The molecule has 2 rings (SSSR count). The van der Waals surface area contributed by atoms with Gasteiger partial charge in [0.25, 0.3) is 5.91 Å². The van der Waals surface area contributed by atoms with Crippen molar-refractivity contribution in [1.29, 1.82) is 0 Å². The van der Waals surface area contributed by atoms with E-state index in [2.05, 4.69) is 10.6 Å². The SMILES string of the molecule is CC(=O)Nc1ccc(C(=O)NCC(C)(O)c2ccc(C)o2)cc1. The van der Waals surface area contributed by atoms with E-state index in [9.17, 15) is 14.7 Å². The molecule has 1 heterocycles. The van der Waals surface area contributed by atoms with Crippen molar-refractivity contribution in [2.24, 2.45) is 0 Å². The van der Waals surface area contributed by atoms with Crippen LogP contribution in [0.25, 0.3) is 0 Å². The fourth-order valence-electron chi connectivity index (χ4n) is 2.07. The van der Waals surface area contributed by atoms with Crippen LogP contribution >= 0.6 is 0 Å². The summed E-state index contributed by atoms with van der Waals surface area (Å²) >= 11 is 0. The number of nitrogens with one attached hydrogen (secondary N) is 2. The summed E-state index contributed by atoms with van der Waals surface area (Å²) in [5.74, 6) is 0.603. The van der Waals surface area contributed by atoms with Gasteiger partial charge in [-0.3, -0.25) is 9.59 Å². The summed E-state index contributed by atoms with van der Waals surface area (Å²) in [7, 11) is 0. The average molecular weight is 316 g/mol. The summed E-state index contributed by atoms with van der Waals surface area (Å²) in [4.78, 5) is 23.1. The van der Waals surface area contributed by atoms with Crippen LogP contribution in [0.2, 0.25) is 0 Å². The lowest BCUT2D eigenvalue weighted by molar-refractivity contribution is -0.114. The molecule has 0 aliphatic heterocycles. The van der Waals surface area contributed by atoms with Gasteiger partial charge in [0.2, 0.25) is 5.91 Å². The van der Waals surface area contributed by atoms with Gasteiger partial charge in [-0.1, -0.05) is 0 Å². The zero-order valence-corrected chi connectivity index (χ0v) is 13.3. The Hall–Kier alpha value is -2.60. The highest BCUT2D eigenvalue weighted by atomic mass is 16.4. The molecule has 0 spiro atoms. The maximum atomic E-state index is 12.1. The first-order chi connectivity index (χ1) is 10.8. The molecule has 0 aliphatic carbocycles. The van der Waals surface area contributed by atoms with Crippen molar-refractivity contribution >= 4 is 17.5 Å². The molecule has 2 amide bonds. The highest BCUT2D eigenvalue weighted by Gasteiger charge is 2.27. The van der Waals surface area contributed by atoms with E-state index in [0.717, 1.165) is 0 Å². The Labute approximate surface area is 134 Å². The maximum absolute atomic E-state index is 12.1. The van der Waals surface area contributed by atoms with E-state index in [4.69, 9.17) is 4.42 Å². The molecule has 0 bridgehead atoms. The molecular weight excluding hydrogens is 296 g/mol. The summed E-state index contributed by atoms with van der Waals surface area (Å²) in [6.45, 7) is 4.80. The molecule has 0 saturated carbocycles. The molecule has 0 fully saturated rings. The first-order valence-corrected chi connectivity index (χ1v) is 7.23. The number of benzene rings is 1. The van der Waals surface area contributed by atoms with Crippen LogP contribution in [-0.4, -0.2) is 23.5 Å². The van der Waals surface area contributed by atoms with Gasteiger partial charge in [-0.2, -0.15) is 0 Å². The highest BCUT2D eigenvalue weighted by molar-refractivity contribution is 5.95. The minimum absolute atomic E-state index is 0.0201. The van der Waals surface area contributed by atoms with Gasteiger partial charge in [-0.25, -0.2) is 0 Å². The van der Waals surface area contributed by atoms with Crippen LogP contribution in [0.5, 0.6) is 0 Å². The number of hydrogen-bond acceptors (Lipinski definition) is 4. The largest absolute Gasteiger partial charge is 0.463 e. The van der Waals surface area contributed by atoms with E-state index >= 15 is 0 Å². The molecule has 1 aromatic carbocycles. The molecular formula is C17H20N2O4. The van der Waals surface area contributed by atoms with Crippen molar-refractivity contribution in [2.75, 3.05) is 11.9 Å². The maximum Gasteiger partial charge on any atom is 0.251 e. The van der Waals surface area contributed by atoms with Crippen molar-refractivity contribution in [2.45, 2.75) is 26.4 Å². The van der Waals surface area contributed by atoms with Gasteiger partial charge in [-0.15, -0.1) is 0 Å². The summed E-state index contributed by atoms with van der Waals surface area (Å²) < 4.78 is 5.40. The Morgan fingerprint density at radius 3 is 2.35 bits per heavy atom. The third-order valence-corrected chi connectivity index (χ3v) is 3.33. The normalized spacial score (nSPS) is 13.2. The van der Waals surface area contributed by atoms with Crippen LogP contribution in [-0.2, 0) is 10.4 Å². The molecule has 2 aromatic rings. The van der Waals surface area contributed by atoms with Crippen LogP contribution in [0.3, 0.4) is 0 Å². The van der Waals surface area contributed by atoms with E-state index in [1.54, 1.807) is 50.2 Å². The molecule has 23 heavy (non-hydrogen) atoms. The lowest BCUT2D eigenvalue weighted by Crippen LogP contribution is -2.38. The predicted octanol–water partition coefficient (Wildman–Crippen LogP) is 2.18. The number of aliphatic hydroxyl groups is 1. The molecule has 122 valence electrons. The Morgan fingerprint density at radius 1 is 1.17 bits per heavy atom. The molecule has 1 aromatic heterocycles. The molecule has 6 nitrogen and oxygen atoms in total. The van der Waals surface area contributed by atoms with E-state index in [1.165, 1.54) is 6.92 Å². The standard InChI is InChI=1S/C17H20N2O4/c1-11-4-9-15(23-11)17(3,22)10-18-16(21)13-5-7-14(8-6-13)19-12(2)20/h4-9,22H,10H2,1-3H3,(H,18,21)(H,19,20). The number of amides is 2. The van der Waals surface area contributed by atoms with Crippen LogP contribution < -0.4 is 10.6 Å². The van der Waals surface area contributed by atoms with Crippen molar-refractivity contribution < 1.29 is 19.1 Å². The Morgan fingerprint density at radius 2 is 1.83 bits per heavy atom. The molecule has 0 saturated heterocycles. The quantitative estimate of drug-likeness (QED) is 0.788. The van der Waals surface area contributed by atoms with Crippen molar-refractivity contribution in [1.82, 2.24) is 5.32 Å². The third-order valence-electron chi connectivity index (χ3n) is 3.33. The number of anilines is 1. The minimum atomic E-state index is -1.29. The predicted molar refractivity (Wildman–Crippen MR) is 86.1 cm³/mol. The summed E-state index contributed by atoms with van der Waals surface area (Å²) in [5.41, 5.74) is -0.238. The van der Waals surface area contributed by atoms with Gasteiger partial charge < -0.3 is 20.2 Å². The third kappa shape index (κ3) is 4.43. The van der Waals surface area contributed by atoms with Crippen molar-refractivity contribution in [3.8, 4) is 0 Å². The molecule has 1 atom stereocenters. The number of hydrogen-bond donors (Lipinski definition) is 3. The second kappa shape index (κ2) is 6.66. The average Bonchev–Trinajstić information content (AvgIpc) is 2.92. The van der Waals surface area contributed by atoms with Crippen molar-refractivity contribution in [3.05, 3.63) is 53.5 Å². The zero-order valence-electron chi connectivity index (χ0n) is 13.3. The molecule has 6 heteroatoms. The molecule has 0 aliphatic rings. The number of carbonyl (C=O) groups is 2. The van der Waals surface area contributed by atoms with E-state index in [1.807, 2.05) is 0 Å². The lowest BCUT2D eigenvalue weighted by atomic mass is 10.0. The molecule has 1 unspecified atom stereocenters. The summed E-state index contributed by atoms with van der Waals surface area (Å²) in [5, 5.41) is 15.7. The zero-order chi connectivity index (χ0) is 17.0. The first-order valence-electron chi connectivity index (χ1n) is 7.23. The topological polar surface area (TPSA) is 91.6 Å². The van der Waals surface area contributed by atoms with Crippen LogP contribution in [0.15, 0.2) is 40.8 Å². The fraction of sp³-hybridized carbons (Fsp3) is 0.294. The van der Waals surface area contributed by atoms with Gasteiger partial charge >= 0.3 is 0 Å². The number of aryl methyl sites for hydroxylation is 1. The highest BCUT2D eigenvalue weighted by Crippen LogP contribution is 2.22. The molecule has 3 N–H and O–H groups in total. The fourth-order valence-corrected chi connectivity index (χ4v) is 2.07. The van der Waals surface area contributed by atoms with E-state index in [0.29, 0.717) is 22.8 Å². The Balaban J connectivity index is 1.97. The van der Waals surface area contributed by atoms with Gasteiger partial charge in [0.15, 0.2) is 0 Å².